The fraction of sp³-hybridized carbons (Fsp3) is 0.167. The number of non-ortho nitro benzene ring substituents is 1. The number of primary amides is 1. The van der Waals surface area contributed by atoms with Crippen molar-refractivity contribution in [3.63, 3.8) is 0 Å². The molecule has 0 saturated heterocycles. The van der Waals surface area contributed by atoms with Crippen LogP contribution < -0.4 is 16.4 Å². The highest BCUT2D eigenvalue weighted by Gasteiger charge is 2.21. The summed E-state index contributed by atoms with van der Waals surface area (Å²) < 4.78 is 5.11. The van der Waals surface area contributed by atoms with Gasteiger partial charge in [-0.05, 0) is 30.7 Å². The van der Waals surface area contributed by atoms with E-state index in [0.29, 0.717) is 5.56 Å². The molecular formula is C18H17ClN4O6. The van der Waals surface area contributed by atoms with Crippen LogP contribution in [0.1, 0.15) is 22.8 Å². The highest BCUT2D eigenvalue weighted by atomic mass is 35.5. The molecule has 4 N–H and O–H groups in total. The van der Waals surface area contributed by atoms with Crippen LogP contribution in [0.25, 0.3) is 0 Å². The summed E-state index contributed by atoms with van der Waals surface area (Å²) in [5, 5.41) is 15.7. The maximum absolute atomic E-state index is 12.2. The number of nitrogens with one attached hydrogen (secondary N) is 2. The molecule has 2 aromatic carbocycles. The minimum Gasteiger partial charge on any atom is -0.449 e. The lowest BCUT2D eigenvalue weighted by molar-refractivity contribution is -0.384. The highest BCUT2D eigenvalue weighted by Crippen LogP contribution is 2.27. The van der Waals surface area contributed by atoms with Gasteiger partial charge in [0.05, 0.1) is 21.2 Å². The molecule has 0 fully saturated rings. The van der Waals surface area contributed by atoms with Crippen LogP contribution >= 0.6 is 11.6 Å². The number of anilines is 1. The number of nitrogens with two attached hydrogens (primary N) is 1. The van der Waals surface area contributed by atoms with E-state index in [1.807, 2.05) is 0 Å². The van der Waals surface area contributed by atoms with Crippen molar-refractivity contribution in [3.05, 3.63) is 68.7 Å². The van der Waals surface area contributed by atoms with Crippen LogP contribution in [0, 0.1) is 10.1 Å². The summed E-state index contributed by atoms with van der Waals surface area (Å²) >= 11 is 5.93. The number of nitro groups is 1. The van der Waals surface area contributed by atoms with Crippen LogP contribution in [0.15, 0.2) is 42.5 Å². The molecule has 0 bridgehead atoms. The van der Waals surface area contributed by atoms with E-state index >= 15 is 0 Å². The number of amides is 3. The van der Waals surface area contributed by atoms with Gasteiger partial charge in [-0.15, -0.1) is 0 Å². The number of rotatable bonds is 7. The fourth-order valence-corrected chi connectivity index (χ4v) is 2.35. The number of esters is 1. The fourth-order valence-electron chi connectivity index (χ4n) is 2.19. The van der Waals surface area contributed by atoms with Crippen LogP contribution in [-0.2, 0) is 16.1 Å². The first-order valence-corrected chi connectivity index (χ1v) is 8.63. The number of carbonyl (C=O) groups excluding carboxylic acids is 3. The molecule has 2 rings (SSSR count). The Morgan fingerprint density at radius 3 is 2.45 bits per heavy atom. The van der Waals surface area contributed by atoms with Crippen molar-refractivity contribution in [2.45, 2.75) is 19.6 Å². The van der Waals surface area contributed by atoms with Crippen LogP contribution in [0.2, 0.25) is 5.02 Å². The number of ether oxygens (including phenoxy) is 1. The van der Waals surface area contributed by atoms with Crippen LogP contribution in [0.4, 0.5) is 16.2 Å². The van der Waals surface area contributed by atoms with Crippen molar-refractivity contribution < 1.29 is 24.0 Å². The average molecular weight is 421 g/mol. The number of nitro benzene ring substituents is 1. The molecule has 1 unspecified atom stereocenters. The number of benzene rings is 2. The summed E-state index contributed by atoms with van der Waals surface area (Å²) in [4.78, 5) is 45.3. The Hall–Kier alpha value is -3.66. The van der Waals surface area contributed by atoms with Crippen molar-refractivity contribution in [1.82, 2.24) is 5.32 Å². The summed E-state index contributed by atoms with van der Waals surface area (Å²) in [6.45, 7) is 1.55. The molecule has 0 spiro atoms. The SMILES string of the molecule is CC(OC(=O)c1ccc(CNC(N)=O)cc1)C(=O)Nc1cc([N+](=O)[O-])ccc1Cl. The van der Waals surface area contributed by atoms with E-state index in [0.717, 1.165) is 6.07 Å². The molecule has 10 nitrogen and oxygen atoms in total. The first-order valence-electron chi connectivity index (χ1n) is 8.25. The predicted molar refractivity (Wildman–Crippen MR) is 104 cm³/mol. The van der Waals surface area contributed by atoms with Gasteiger partial charge in [-0.2, -0.15) is 0 Å². The number of hydrogen-bond donors (Lipinski definition) is 3. The zero-order chi connectivity index (χ0) is 21.6. The molecule has 0 saturated carbocycles. The van der Waals surface area contributed by atoms with Gasteiger partial charge in [-0.3, -0.25) is 14.9 Å². The highest BCUT2D eigenvalue weighted by molar-refractivity contribution is 6.33. The van der Waals surface area contributed by atoms with Gasteiger partial charge in [-0.1, -0.05) is 23.7 Å². The molecule has 152 valence electrons. The number of carbonyl (C=O) groups is 3. The molecule has 11 heteroatoms. The molecule has 0 heterocycles. The van der Waals surface area contributed by atoms with Crippen molar-refractivity contribution in [2.24, 2.45) is 5.73 Å². The van der Waals surface area contributed by atoms with Crippen molar-refractivity contribution in [2.75, 3.05) is 5.32 Å². The van der Waals surface area contributed by atoms with E-state index in [1.165, 1.54) is 31.2 Å². The molecule has 0 aromatic heterocycles. The smallest absolute Gasteiger partial charge is 0.338 e. The number of halogens is 1. The topological polar surface area (TPSA) is 154 Å². The second kappa shape index (κ2) is 9.51. The lowest BCUT2D eigenvalue weighted by Crippen LogP contribution is -2.30. The predicted octanol–water partition coefficient (Wildman–Crippen LogP) is 2.60. The van der Waals surface area contributed by atoms with Gasteiger partial charge in [-0.25, -0.2) is 9.59 Å². The Balaban J connectivity index is 1.98. The second-order valence-electron chi connectivity index (χ2n) is 5.87. The molecule has 0 aliphatic rings. The Morgan fingerprint density at radius 2 is 1.86 bits per heavy atom. The summed E-state index contributed by atoms with van der Waals surface area (Å²) in [6.07, 6.45) is -1.19. The minimum atomic E-state index is -1.19. The van der Waals surface area contributed by atoms with Gasteiger partial charge in [0.1, 0.15) is 0 Å². The number of hydrogen-bond acceptors (Lipinski definition) is 6. The molecular weight excluding hydrogens is 404 g/mol. The Morgan fingerprint density at radius 1 is 1.21 bits per heavy atom. The standard InChI is InChI=1S/C18H17ClN4O6/c1-10(16(24)22-15-8-13(23(27)28)6-7-14(15)19)29-17(25)12-4-2-11(3-5-12)9-21-18(20)26/h2-8,10H,9H2,1H3,(H,22,24)(H3,20,21,26). The second-order valence-corrected chi connectivity index (χ2v) is 6.28. The monoisotopic (exact) mass is 420 g/mol. The molecule has 0 aliphatic carbocycles. The van der Waals surface area contributed by atoms with Gasteiger partial charge >= 0.3 is 12.0 Å². The molecule has 29 heavy (non-hydrogen) atoms. The Labute approximate surface area is 170 Å². The lowest BCUT2D eigenvalue weighted by Gasteiger charge is -2.14. The maximum atomic E-state index is 12.2. The maximum Gasteiger partial charge on any atom is 0.338 e. The quantitative estimate of drug-likeness (QED) is 0.355. The Kier molecular flexibility index (Phi) is 7.10. The normalized spacial score (nSPS) is 11.2. The van der Waals surface area contributed by atoms with Gasteiger partial charge in [0.15, 0.2) is 6.10 Å². The number of nitrogens with zero attached hydrogens (tertiary/aromatic N) is 1. The summed E-state index contributed by atoms with van der Waals surface area (Å²) in [5.41, 5.74) is 5.67. The molecule has 2 aromatic rings. The third kappa shape index (κ3) is 6.18. The number of urea groups is 1. The minimum absolute atomic E-state index is 0.0278. The largest absolute Gasteiger partial charge is 0.449 e. The summed E-state index contributed by atoms with van der Waals surface area (Å²) in [7, 11) is 0. The van der Waals surface area contributed by atoms with E-state index in [1.54, 1.807) is 12.1 Å². The first-order chi connectivity index (χ1) is 13.7. The third-order valence-electron chi connectivity index (χ3n) is 3.73. The summed E-state index contributed by atoms with van der Waals surface area (Å²) in [6, 6.07) is 9.06. The molecule has 1 atom stereocenters. The molecule has 3 amide bonds. The van der Waals surface area contributed by atoms with E-state index in [2.05, 4.69) is 10.6 Å². The van der Waals surface area contributed by atoms with Gasteiger partial charge < -0.3 is 21.1 Å². The van der Waals surface area contributed by atoms with Crippen molar-refractivity contribution in [1.29, 1.82) is 0 Å². The third-order valence-corrected chi connectivity index (χ3v) is 4.06. The molecule has 0 radical (unpaired) electrons. The van der Waals surface area contributed by atoms with E-state index in [9.17, 15) is 24.5 Å². The van der Waals surface area contributed by atoms with E-state index in [4.69, 9.17) is 22.1 Å². The Bertz CT molecular complexity index is 948. The van der Waals surface area contributed by atoms with Gasteiger partial charge in [0, 0.05) is 18.7 Å². The average Bonchev–Trinajstić information content (AvgIpc) is 2.68. The zero-order valence-corrected chi connectivity index (χ0v) is 15.9. The van der Waals surface area contributed by atoms with Crippen LogP contribution in [-0.4, -0.2) is 28.9 Å². The molecule has 0 aliphatic heterocycles. The van der Waals surface area contributed by atoms with E-state index < -0.39 is 28.9 Å². The van der Waals surface area contributed by atoms with Crippen LogP contribution in [0.5, 0.6) is 0 Å². The summed E-state index contributed by atoms with van der Waals surface area (Å²) in [5.74, 6) is -1.45. The lowest BCUT2D eigenvalue weighted by atomic mass is 10.1. The van der Waals surface area contributed by atoms with Gasteiger partial charge in [0.25, 0.3) is 11.6 Å². The first kappa shape index (κ1) is 21.6. The van der Waals surface area contributed by atoms with Crippen molar-refractivity contribution in [3.8, 4) is 0 Å². The van der Waals surface area contributed by atoms with Crippen LogP contribution in [0.3, 0.4) is 0 Å². The van der Waals surface area contributed by atoms with Crippen molar-refractivity contribution >= 4 is 40.9 Å². The zero-order valence-electron chi connectivity index (χ0n) is 15.2. The van der Waals surface area contributed by atoms with Gasteiger partial charge in [0.2, 0.25) is 0 Å². The van der Waals surface area contributed by atoms with E-state index in [-0.39, 0.29) is 28.5 Å².